The molecule has 1 saturated heterocycles. The molecule has 2 aromatic rings. The summed E-state index contributed by atoms with van der Waals surface area (Å²) in [5, 5.41) is 3.49. The highest BCUT2D eigenvalue weighted by Crippen LogP contribution is 2.28. The number of methoxy groups -OCH3 is 1. The lowest BCUT2D eigenvalue weighted by Crippen LogP contribution is -2.35. The lowest BCUT2D eigenvalue weighted by atomic mass is 10.1. The number of nitrogens with zero attached hydrogens (tertiary/aromatic N) is 3. The highest BCUT2D eigenvalue weighted by Gasteiger charge is 2.28. The fourth-order valence-corrected chi connectivity index (χ4v) is 3.58. The van der Waals surface area contributed by atoms with Gasteiger partial charge in [0.05, 0.1) is 7.11 Å². The van der Waals surface area contributed by atoms with Crippen LogP contribution in [0.4, 0.5) is 10.2 Å². The lowest BCUT2D eigenvalue weighted by Gasteiger charge is -2.23. The van der Waals surface area contributed by atoms with E-state index in [-0.39, 0.29) is 29.5 Å². The van der Waals surface area contributed by atoms with Crippen molar-refractivity contribution in [2.75, 3.05) is 25.1 Å². The smallest absolute Gasteiger partial charge is 0.286 e. The Balaban J connectivity index is 1.74. The largest absolute Gasteiger partial charge is 0.494 e. The average molecular weight is 387 g/mol. The van der Waals surface area contributed by atoms with Crippen LogP contribution in [0, 0.1) is 19.7 Å². The molecule has 7 nitrogen and oxygen atoms in total. The molecule has 1 unspecified atom stereocenters. The van der Waals surface area contributed by atoms with E-state index in [4.69, 9.17) is 10.5 Å². The Morgan fingerprint density at radius 1 is 1.39 bits per heavy atom. The number of halogens is 1. The molecule has 1 aliphatic heterocycles. The summed E-state index contributed by atoms with van der Waals surface area (Å²) >= 11 is 0. The first-order valence-corrected chi connectivity index (χ1v) is 9.30. The van der Waals surface area contributed by atoms with E-state index in [1.165, 1.54) is 7.11 Å². The van der Waals surface area contributed by atoms with Crippen molar-refractivity contribution in [1.29, 1.82) is 0 Å². The van der Waals surface area contributed by atoms with Gasteiger partial charge in [-0.2, -0.15) is 0 Å². The number of carbonyl (C=O) groups excluding carboxylic acids is 1. The Bertz CT molecular complexity index is 889. The van der Waals surface area contributed by atoms with E-state index in [2.05, 4.69) is 20.2 Å². The van der Waals surface area contributed by atoms with E-state index in [0.717, 1.165) is 30.0 Å². The number of benzene rings is 1. The van der Waals surface area contributed by atoms with Crippen molar-refractivity contribution in [3.63, 3.8) is 0 Å². The van der Waals surface area contributed by atoms with Crippen LogP contribution in [0.3, 0.4) is 0 Å². The van der Waals surface area contributed by atoms with E-state index in [1.807, 2.05) is 20.8 Å². The van der Waals surface area contributed by atoms with Gasteiger partial charge in [0, 0.05) is 42.0 Å². The normalized spacial score (nSPS) is 17.6. The molecule has 1 aromatic carbocycles. The standard InChI is InChI=1S/C20H26FN5O2/c1-11-12(2)24-19(18(22)27)25-20(11)26-9-8-14(10-26)23-13(3)15-6-5-7-16(28-4)17(15)21/h5-7,13-14,23H,8-10H2,1-4H3,(H2,22,27)/t13?,14-/m1/s1. The van der Waals surface area contributed by atoms with Gasteiger partial charge < -0.3 is 20.7 Å². The summed E-state index contributed by atoms with van der Waals surface area (Å²) in [5.74, 6) is 0.0194. The molecule has 3 rings (SSSR count). The maximum atomic E-state index is 14.5. The van der Waals surface area contributed by atoms with Crippen molar-refractivity contribution < 1.29 is 13.9 Å². The predicted molar refractivity (Wildman–Crippen MR) is 105 cm³/mol. The number of nitrogens with one attached hydrogen (secondary N) is 1. The van der Waals surface area contributed by atoms with Gasteiger partial charge in [-0.15, -0.1) is 0 Å². The molecule has 1 fully saturated rings. The summed E-state index contributed by atoms with van der Waals surface area (Å²) in [5.41, 5.74) is 7.59. The fourth-order valence-electron chi connectivity index (χ4n) is 3.58. The summed E-state index contributed by atoms with van der Waals surface area (Å²) in [6.45, 7) is 7.19. The quantitative estimate of drug-likeness (QED) is 0.790. The predicted octanol–water partition coefficient (Wildman–Crippen LogP) is 2.27. The van der Waals surface area contributed by atoms with Crippen LogP contribution < -0.4 is 20.7 Å². The number of anilines is 1. The molecule has 0 saturated carbocycles. The van der Waals surface area contributed by atoms with Gasteiger partial charge in [-0.05, 0) is 33.3 Å². The van der Waals surface area contributed by atoms with Crippen LogP contribution in [-0.2, 0) is 0 Å². The number of carbonyl (C=O) groups is 1. The van der Waals surface area contributed by atoms with Gasteiger partial charge in [-0.25, -0.2) is 14.4 Å². The van der Waals surface area contributed by atoms with Crippen molar-refractivity contribution in [2.45, 2.75) is 39.3 Å². The number of ether oxygens (including phenoxy) is 1. The number of aromatic nitrogens is 2. The molecular weight excluding hydrogens is 361 g/mol. The zero-order chi connectivity index (χ0) is 20.4. The Morgan fingerprint density at radius 3 is 2.82 bits per heavy atom. The number of nitrogens with two attached hydrogens (primary N) is 1. The van der Waals surface area contributed by atoms with Crippen LogP contribution in [0.5, 0.6) is 5.75 Å². The number of hydrogen-bond acceptors (Lipinski definition) is 6. The molecule has 0 spiro atoms. The van der Waals surface area contributed by atoms with Crippen LogP contribution in [0.1, 0.15) is 46.8 Å². The molecule has 3 N–H and O–H groups in total. The fraction of sp³-hybridized carbons (Fsp3) is 0.450. The Labute approximate surface area is 164 Å². The van der Waals surface area contributed by atoms with E-state index in [9.17, 15) is 9.18 Å². The zero-order valence-electron chi connectivity index (χ0n) is 16.6. The Kier molecular flexibility index (Phi) is 5.79. The van der Waals surface area contributed by atoms with Gasteiger partial charge in [0.25, 0.3) is 5.91 Å². The molecule has 0 radical (unpaired) electrons. The van der Waals surface area contributed by atoms with Gasteiger partial charge in [-0.3, -0.25) is 4.79 Å². The third-order valence-corrected chi connectivity index (χ3v) is 5.24. The van der Waals surface area contributed by atoms with Crippen molar-refractivity contribution in [3.8, 4) is 5.75 Å². The van der Waals surface area contributed by atoms with Crippen LogP contribution in [-0.4, -0.2) is 42.1 Å². The molecule has 28 heavy (non-hydrogen) atoms. The van der Waals surface area contributed by atoms with Gasteiger partial charge in [0.2, 0.25) is 5.82 Å². The Hall–Kier alpha value is -2.74. The molecule has 1 amide bonds. The van der Waals surface area contributed by atoms with Crippen LogP contribution in [0.25, 0.3) is 0 Å². The zero-order valence-corrected chi connectivity index (χ0v) is 16.6. The second-order valence-electron chi connectivity index (χ2n) is 7.13. The SMILES string of the molecule is COc1cccc(C(C)N[C@@H]2CCN(c3nc(C(N)=O)nc(C)c3C)C2)c1F. The third kappa shape index (κ3) is 3.91. The molecule has 2 atom stereocenters. The summed E-state index contributed by atoms with van der Waals surface area (Å²) in [6, 6.07) is 5.15. The summed E-state index contributed by atoms with van der Waals surface area (Å²) in [6.07, 6.45) is 0.879. The molecule has 1 aromatic heterocycles. The second-order valence-corrected chi connectivity index (χ2v) is 7.13. The average Bonchev–Trinajstić information content (AvgIpc) is 3.11. The van der Waals surface area contributed by atoms with Crippen LogP contribution in [0.2, 0.25) is 0 Å². The molecule has 8 heteroatoms. The van der Waals surface area contributed by atoms with Gasteiger partial charge in [0.1, 0.15) is 5.82 Å². The van der Waals surface area contributed by atoms with Crippen LogP contribution in [0.15, 0.2) is 18.2 Å². The summed E-state index contributed by atoms with van der Waals surface area (Å²) < 4.78 is 19.6. The van der Waals surface area contributed by atoms with Gasteiger partial charge in [0.15, 0.2) is 11.6 Å². The number of rotatable bonds is 6. The van der Waals surface area contributed by atoms with Crippen molar-refractivity contribution in [3.05, 3.63) is 46.7 Å². The number of primary amides is 1. The van der Waals surface area contributed by atoms with Crippen molar-refractivity contribution >= 4 is 11.7 Å². The lowest BCUT2D eigenvalue weighted by molar-refractivity contribution is 0.0990. The molecule has 0 bridgehead atoms. The van der Waals surface area contributed by atoms with Gasteiger partial charge >= 0.3 is 0 Å². The van der Waals surface area contributed by atoms with Gasteiger partial charge in [-0.1, -0.05) is 12.1 Å². The number of hydrogen-bond donors (Lipinski definition) is 2. The minimum atomic E-state index is -0.639. The first-order chi connectivity index (χ1) is 13.3. The minimum Gasteiger partial charge on any atom is -0.494 e. The maximum Gasteiger partial charge on any atom is 0.286 e. The maximum absolute atomic E-state index is 14.5. The van der Waals surface area contributed by atoms with E-state index in [1.54, 1.807) is 18.2 Å². The molecule has 150 valence electrons. The topological polar surface area (TPSA) is 93.4 Å². The number of aryl methyl sites for hydroxylation is 1. The minimum absolute atomic E-state index is 0.0290. The van der Waals surface area contributed by atoms with E-state index in [0.29, 0.717) is 12.1 Å². The van der Waals surface area contributed by atoms with Crippen molar-refractivity contribution in [2.24, 2.45) is 5.73 Å². The first kappa shape index (κ1) is 20.0. The summed E-state index contributed by atoms with van der Waals surface area (Å²) in [7, 11) is 1.46. The third-order valence-electron chi connectivity index (χ3n) is 5.24. The molecule has 2 heterocycles. The Morgan fingerprint density at radius 2 is 2.14 bits per heavy atom. The highest BCUT2D eigenvalue weighted by molar-refractivity contribution is 5.89. The van der Waals surface area contributed by atoms with Crippen LogP contribution >= 0.6 is 0 Å². The molecule has 0 aliphatic carbocycles. The monoisotopic (exact) mass is 387 g/mol. The van der Waals surface area contributed by atoms with E-state index >= 15 is 0 Å². The van der Waals surface area contributed by atoms with E-state index < -0.39 is 5.91 Å². The molecule has 1 aliphatic rings. The second kappa shape index (κ2) is 8.10. The molecular formula is C20H26FN5O2. The highest BCUT2D eigenvalue weighted by atomic mass is 19.1. The summed E-state index contributed by atoms with van der Waals surface area (Å²) in [4.78, 5) is 22.1. The first-order valence-electron chi connectivity index (χ1n) is 9.30. The van der Waals surface area contributed by atoms with Crippen molar-refractivity contribution in [1.82, 2.24) is 15.3 Å². The number of amides is 1.